The van der Waals surface area contributed by atoms with Gasteiger partial charge in [-0.25, -0.2) is 4.79 Å². The van der Waals surface area contributed by atoms with Crippen molar-refractivity contribution in [1.29, 1.82) is 0 Å². The monoisotopic (exact) mass is 286 g/mol. The Bertz CT molecular complexity index is 352. The average molecular weight is 286 g/mol. The van der Waals surface area contributed by atoms with Crippen molar-refractivity contribution < 1.29 is 19.4 Å². The van der Waals surface area contributed by atoms with Gasteiger partial charge < -0.3 is 19.6 Å². The molecule has 1 N–H and O–H groups in total. The molecule has 0 aromatic rings. The lowest BCUT2D eigenvalue weighted by molar-refractivity contribution is -0.136. The summed E-state index contributed by atoms with van der Waals surface area (Å²) in [6, 6.07) is 0. The van der Waals surface area contributed by atoms with Crippen LogP contribution in [0.1, 0.15) is 33.6 Å². The fourth-order valence-electron chi connectivity index (χ4n) is 2.24. The number of aliphatic hydroxyl groups is 1. The highest BCUT2D eigenvalue weighted by Crippen LogP contribution is 2.20. The first-order valence-corrected chi connectivity index (χ1v) is 7.08. The lowest BCUT2D eigenvalue weighted by Crippen LogP contribution is -2.47. The molecule has 1 unspecified atom stereocenters. The first kappa shape index (κ1) is 16.8. The lowest BCUT2D eigenvalue weighted by atomic mass is 9.97. The summed E-state index contributed by atoms with van der Waals surface area (Å²) in [5.74, 6) is -0.222. The lowest BCUT2D eigenvalue weighted by Gasteiger charge is -2.34. The predicted octanol–water partition coefficient (Wildman–Crippen LogP) is 1.08. The van der Waals surface area contributed by atoms with E-state index in [1.165, 1.54) is 4.90 Å². The molecule has 6 nitrogen and oxygen atoms in total. The molecule has 0 saturated carbocycles. The van der Waals surface area contributed by atoms with Gasteiger partial charge in [-0.05, 0) is 33.6 Å². The largest absolute Gasteiger partial charge is 0.444 e. The number of amides is 2. The van der Waals surface area contributed by atoms with Gasteiger partial charge >= 0.3 is 6.09 Å². The van der Waals surface area contributed by atoms with Crippen LogP contribution in [0.25, 0.3) is 0 Å². The van der Waals surface area contributed by atoms with E-state index in [9.17, 15) is 9.59 Å². The van der Waals surface area contributed by atoms with Gasteiger partial charge in [-0.15, -0.1) is 0 Å². The maximum atomic E-state index is 12.2. The molecule has 0 spiro atoms. The Balaban J connectivity index is 2.58. The molecular weight excluding hydrogens is 260 g/mol. The molecule has 1 heterocycles. The first-order valence-electron chi connectivity index (χ1n) is 7.08. The topological polar surface area (TPSA) is 70.1 Å². The van der Waals surface area contributed by atoms with Crippen molar-refractivity contribution in [3.8, 4) is 0 Å². The highest BCUT2D eigenvalue weighted by atomic mass is 16.6. The predicted molar refractivity (Wildman–Crippen MR) is 75.3 cm³/mol. The molecule has 6 heteroatoms. The van der Waals surface area contributed by atoms with Crippen LogP contribution in [0.5, 0.6) is 0 Å². The third-order valence-corrected chi connectivity index (χ3v) is 3.23. The van der Waals surface area contributed by atoms with E-state index in [1.54, 1.807) is 11.9 Å². The van der Waals surface area contributed by atoms with Crippen molar-refractivity contribution in [1.82, 2.24) is 9.80 Å². The number of rotatable bonds is 3. The summed E-state index contributed by atoms with van der Waals surface area (Å²) < 4.78 is 5.34. The molecule has 116 valence electrons. The van der Waals surface area contributed by atoms with Gasteiger partial charge in [0.25, 0.3) is 0 Å². The molecule has 20 heavy (non-hydrogen) atoms. The van der Waals surface area contributed by atoms with Crippen molar-refractivity contribution in [2.45, 2.75) is 39.2 Å². The van der Waals surface area contributed by atoms with Gasteiger partial charge in [0, 0.05) is 26.7 Å². The Morgan fingerprint density at radius 3 is 2.60 bits per heavy atom. The normalized spacial score (nSPS) is 19.6. The zero-order valence-corrected chi connectivity index (χ0v) is 12.9. The summed E-state index contributed by atoms with van der Waals surface area (Å²) in [5.41, 5.74) is -0.526. The standard InChI is InChI=1S/C14H26N2O4/c1-14(2,3)20-13(19)16-7-5-6-11(10-16)12(18)15(4)8-9-17/h11,17H,5-10H2,1-4H3. The second kappa shape index (κ2) is 6.92. The third-order valence-electron chi connectivity index (χ3n) is 3.23. The second-order valence-electron chi connectivity index (χ2n) is 6.25. The third kappa shape index (κ3) is 5.00. The van der Waals surface area contributed by atoms with Crippen LogP contribution in [-0.4, -0.2) is 65.8 Å². The zero-order chi connectivity index (χ0) is 15.3. The number of ether oxygens (including phenoxy) is 1. The number of hydrogen-bond acceptors (Lipinski definition) is 4. The van der Waals surface area contributed by atoms with Crippen LogP contribution in [0.4, 0.5) is 4.79 Å². The first-order chi connectivity index (χ1) is 9.24. The van der Waals surface area contributed by atoms with Gasteiger partial charge in [0.15, 0.2) is 0 Å². The number of likely N-dealkylation sites (N-methyl/N-ethyl adjacent to an activating group) is 1. The Kier molecular flexibility index (Phi) is 5.80. The summed E-state index contributed by atoms with van der Waals surface area (Å²) in [6.45, 7) is 6.77. The summed E-state index contributed by atoms with van der Waals surface area (Å²) in [6.07, 6.45) is 1.20. The summed E-state index contributed by atoms with van der Waals surface area (Å²) in [7, 11) is 1.67. The molecule has 0 aromatic carbocycles. The van der Waals surface area contributed by atoms with Gasteiger partial charge in [-0.3, -0.25) is 4.79 Å². The zero-order valence-electron chi connectivity index (χ0n) is 12.9. The molecule has 0 bridgehead atoms. The Morgan fingerprint density at radius 1 is 1.40 bits per heavy atom. The number of nitrogens with zero attached hydrogens (tertiary/aromatic N) is 2. The van der Waals surface area contributed by atoms with E-state index in [2.05, 4.69) is 0 Å². The van der Waals surface area contributed by atoms with Crippen LogP contribution in [0.3, 0.4) is 0 Å². The van der Waals surface area contributed by atoms with Crippen molar-refractivity contribution in [2.75, 3.05) is 33.3 Å². The summed E-state index contributed by atoms with van der Waals surface area (Å²) in [5, 5.41) is 8.87. The molecule has 1 saturated heterocycles. The van der Waals surface area contributed by atoms with E-state index in [-0.39, 0.29) is 24.5 Å². The van der Waals surface area contributed by atoms with Crippen molar-refractivity contribution in [3.05, 3.63) is 0 Å². The molecule has 2 amide bonds. The molecular formula is C14H26N2O4. The van der Waals surface area contributed by atoms with Crippen molar-refractivity contribution in [3.63, 3.8) is 0 Å². The molecule has 0 radical (unpaired) electrons. The summed E-state index contributed by atoms with van der Waals surface area (Å²) in [4.78, 5) is 27.3. The van der Waals surface area contributed by atoms with Gasteiger partial charge in [-0.2, -0.15) is 0 Å². The van der Waals surface area contributed by atoms with E-state index >= 15 is 0 Å². The fourth-order valence-corrected chi connectivity index (χ4v) is 2.24. The van der Waals surface area contributed by atoms with Crippen LogP contribution in [-0.2, 0) is 9.53 Å². The minimum atomic E-state index is -0.526. The number of likely N-dealkylation sites (tertiary alicyclic amines) is 1. The van der Waals surface area contributed by atoms with Gasteiger partial charge in [0.2, 0.25) is 5.91 Å². The molecule has 0 aromatic heterocycles. The van der Waals surface area contributed by atoms with E-state index in [0.29, 0.717) is 19.6 Å². The number of carbonyl (C=O) groups is 2. The smallest absolute Gasteiger partial charge is 0.410 e. The number of hydrogen-bond donors (Lipinski definition) is 1. The number of piperidine rings is 1. The Morgan fingerprint density at radius 2 is 2.05 bits per heavy atom. The molecule has 1 atom stereocenters. The van der Waals surface area contributed by atoms with Crippen LogP contribution >= 0.6 is 0 Å². The SMILES string of the molecule is CN(CCO)C(=O)C1CCCN(C(=O)OC(C)(C)C)C1. The van der Waals surface area contributed by atoms with Gasteiger partial charge in [0.1, 0.15) is 5.60 Å². The Labute approximate surface area is 120 Å². The average Bonchev–Trinajstić information content (AvgIpc) is 2.36. The van der Waals surface area contributed by atoms with E-state index in [0.717, 1.165) is 12.8 Å². The second-order valence-corrected chi connectivity index (χ2v) is 6.25. The van der Waals surface area contributed by atoms with Crippen LogP contribution in [0.2, 0.25) is 0 Å². The Hall–Kier alpha value is -1.30. The highest BCUT2D eigenvalue weighted by molar-refractivity contribution is 5.80. The van der Waals surface area contributed by atoms with E-state index in [4.69, 9.17) is 9.84 Å². The molecule has 1 aliphatic rings. The molecule has 0 aliphatic carbocycles. The molecule has 1 fully saturated rings. The van der Waals surface area contributed by atoms with E-state index in [1.807, 2.05) is 20.8 Å². The number of aliphatic hydroxyl groups excluding tert-OH is 1. The van der Waals surface area contributed by atoms with Gasteiger partial charge in [-0.1, -0.05) is 0 Å². The van der Waals surface area contributed by atoms with Crippen molar-refractivity contribution >= 4 is 12.0 Å². The quantitative estimate of drug-likeness (QED) is 0.843. The number of carbonyl (C=O) groups excluding carboxylic acids is 2. The van der Waals surface area contributed by atoms with Crippen molar-refractivity contribution in [2.24, 2.45) is 5.92 Å². The van der Waals surface area contributed by atoms with Crippen LogP contribution in [0.15, 0.2) is 0 Å². The molecule has 1 aliphatic heterocycles. The van der Waals surface area contributed by atoms with Crippen LogP contribution in [0, 0.1) is 5.92 Å². The minimum Gasteiger partial charge on any atom is -0.444 e. The summed E-state index contributed by atoms with van der Waals surface area (Å²) >= 11 is 0. The minimum absolute atomic E-state index is 0.0210. The maximum Gasteiger partial charge on any atom is 0.410 e. The van der Waals surface area contributed by atoms with E-state index < -0.39 is 5.60 Å². The van der Waals surface area contributed by atoms with Gasteiger partial charge in [0.05, 0.1) is 12.5 Å². The fraction of sp³-hybridized carbons (Fsp3) is 0.857. The van der Waals surface area contributed by atoms with Crippen LogP contribution < -0.4 is 0 Å². The molecule has 1 rings (SSSR count). The highest BCUT2D eigenvalue weighted by Gasteiger charge is 2.32. The maximum absolute atomic E-state index is 12.2.